The van der Waals surface area contributed by atoms with Crippen molar-refractivity contribution < 1.29 is 9.59 Å². The summed E-state index contributed by atoms with van der Waals surface area (Å²) in [7, 11) is 0. The summed E-state index contributed by atoms with van der Waals surface area (Å²) in [6.07, 6.45) is 4.66. The first kappa shape index (κ1) is 17.5. The van der Waals surface area contributed by atoms with Crippen LogP contribution in [0.2, 0.25) is 0 Å². The topological polar surface area (TPSA) is 70.2 Å². The molecule has 0 aliphatic carbocycles. The molecule has 1 aliphatic rings. The van der Waals surface area contributed by atoms with Crippen molar-refractivity contribution in [3.8, 4) is 0 Å². The van der Waals surface area contributed by atoms with Crippen molar-refractivity contribution in [1.82, 2.24) is 16.0 Å². The van der Waals surface area contributed by atoms with Crippen molar-refractivity contribution in [2.45, 2.75) is 32.1 Å². The Bertz CT molecular complexity index is 484. The van der Waals surface area contributed by atoms with Crippen LogP contribution < -0.4 is 16.0 Å². The zero-order valence-corrected chi connectivity index (χ0v) is 13.6. The van der Waals surface area contributed by atoms with Gasteiger partial charge in [0.05, 0.1) is 0 Å². The molecule has 2 rings (SSSR count). The fourth-order valence-electron chi connectivity index (χ4n) is 2.82. The van der Waals surface area contributed by atoms with Gasteiger partial charge < -0.3 is 16.0 Å². The van der Waals surface area contributed by atoms with Gasteiger partial charge in [-0.25, -0.2) is 0 Å². The van der Waals surface area contributed by atoms with Crippen molar-refractivity contribution in [3.63, 3.8) is 0 Å². The van der Waals surface area contributed by atoms with Crippen LogP contribution in [0, 0.1) is 5.92 Å². The summed E-state index contributed by atoms with van der Waals surface area (Å²) < 4.78 is 0. The van der Waals surface area contributed by atoms with E-state index < -0.39 is 0 Å². The largest absolute Gasteiger partial charge is 0.356 e. The Balaban J connectivity index is 1.50. The summed E-state index contributed by atoms with van der Waals surface area (Å²) in [5, 5.41) is 9.19. The minimum Gasteiger partial charge on any atom is -0.356 e. The molecule has 3 N–H and O–H groups in total. The van der Waals surface area contributed by atoms with Gasteiger partial charge in [0.15, 0.2) is 0 Å². The highest BCUT2D eigenvalue weighted by Crippen LogP contribution is 2.12. The zero-order valence-electron chi connectivity index (χ0n) is 13.6. The van der Waals surface area contributed by atoms with E-state index in [-0.39, 0.29) is 11.8 Å². The molecule has 1 fully saturated rings. The third kappa shape index (κ3) is 6.82. The van der Waals surface area contributed by atoms with E-state index in [1.54, 1.807) is 12.1 Å². The maximum Gasteiger partial charge on any atom is 0.251 e. The summed E-state index contributed by atoms with van der Waals surface area (Å²) >= 11 is 0. The predicted octanol–water partition coefficient (Wildman–Crippen LogP) is 1.70. The van der Waals surface area contributed by atoms with E-state index in [9.17, 15) is 9.59 Å². The van der Waals surface area contributed by atoms with Crippen molar-refractivity contribution in [2.24, 2.45) is 5.92 Å². The number of hydrogen-bond acceptors (Lipinski definition) is 3. The van der Waals surface area contributed by atoms with Crippen LogP contribution in [-0.4, -0.2) is 38.0 Å². The van der Waals surface area contributed by atoms with Gasteiger partial charge in [-0.1, -0.05) is 18.2 Å². The van der Waals surface area contributed by atoms with E-state index in [0.29, 0.717) is 30.9 Å². The Labute approximate surface area is 138 Å². The average Bonchev–Trinajstić information content (AvgIpc) is 2.60. The van der Waals surface area contributed by atoms with Gasteiger partial charge in [-0.05, 0) is 56.8 Å². The normalized spacial score (nSPS) is 17.5. The van der Waals surface area contributed by atoms with Crippen LogP contribution >= 0.6 is 0 Å². The van der Waals surface area contributed by atoms with Crippen molar-refractivity contribution >= 4 is 11.8 Å². The third-order valence-electron chi connectivity index (χ3n) is 4.18. The van der Waals surface area contributed by atoms with E-state index in [0.717, 1.165) is 26.1 Å². The predicted molar refractivity (Wildman–Crippen MR) is 91.2 cm³/mol. The number of rotatable bonds is 8. The molecule has 0 spiro atoms. The fraction of sp³-hybridized carbons (Fsp3) is 0.556. The molecule has 5 nitrogen and oxygen atoms in total. The number of nitrogens with one attached hydrogen (secondary N) is 3. The van der Waals surface area contributed by atoms with Crippen molar-refractivity contribution in [2.75, 3.05) is 26.2 Å². The molecule has 2 amide bonds. The highest BCUT2D eigenvalue weighted by molar-refractivity contribution is 5.94. The van der Waals surface area contributed by atoms with E-state index >= 15 is 0 Å². The van der Waals surface area contributed by atoms with Gasteiger partial charge in [-0.15, -0.1) is 0 Å². The summed E-state index contributed by atoms with van der Waals surface area (Å²) in [6.45, 7) is 3.47. The molecule has 0 saturated carbocycles. The molecule has 1 aromatic rings. The summed E-state index contributed by atoms with van der Waals surface area (Å²) in [6, 6.07) is 9.11. The first-order valence-corrected chi connectivity index (χ1v) is 8.56. The monoisotopic (exact) mass is 317 g/mol. The van der Waals surface area contributed by atoms with Gasteiger partial charge in [-0.2, -0.15) is 0 Å². The first-order chi connectivity index (χ1) is 11.3. The lowest BCUT2D eigenvalue weighted by atomic mass is 9.96. The molecule has 1 unspecified atom stereocenters. The van der Waals surface area contributed by atoms with Gasteiger partial charge in [0, 0.05) is 25.1 Å². The molecular formula is C18H27N3O2. The van der Waals surface area contributed by atoms with Gasteiger partial charge in [0.25, 0.3) is 5.91 Å². The minimum atomic E-state index is -0.0872. The number of carbonyl (C=O) groups excluding carboxylic acids is 2. The van der Waals surface area contributed by atoms with Crippen LogP contribution in [0.3, 0.4) is 0 Å². The van der Waals surface area contributed by atoms with Crippen LogP contribution in [0.1, 0.15) is 42.5 Å². The second-order valence-corrected chi connectivity index (χ2v) is 6.08. The highest BCUT2D eigenvalue weighted by atomic mass is 16.2. The molecule has 0 radical (unpaired) electrons. The van der Waals surface area contributed by atoms with Crippen LogP contribution in [0.5, 0.6) is 0 Å². The number of hydrogen-bond donors (Lipinski definition) is 3. The van der Waals surface area contributed by atoms with Gasteiger partial charge in [0.2, 0.25) is 5.91 Å². The first-order valence-electron chi connectivity index (χ1n) is 8.56. The lowest BCUT2D eigenvalue weighted by Crippen LogP contribution is -2.33. The Morgan fingerprint density at radius 3 is 2.70 bits per heavy atom. The van der Waals surface area contributed by atoms with Crippen LogP contribution in [-0.2, 0) is 4.79 Å². The Kier molecular flexibility index (Phi) is 7.60. The fourth-order valence-corrected chi connectivity index (χ4v) is 2.82. The number of carbonyl (C=O) groups is 2. The van der Waals surface area contributed by atoms with Gasteiger partial charge in [0.1, 0.15) is 0 Å². The summed E-state index contributed by atoms with van der Waals surface area (Å²) in [5.41, 5.74) is 0.651. The number of amides is 2. The highest BCUT2D eigenvalue weighted by Gasteiger charge is 2.12. The van der Waals surface area contributed by atoms with Gasteiger partial charge >= 0.3 is 0 Å². The van der Waals surface area contributed by atoms with E-state index in [4.69, 9.17) is 0 Å². The second-order valence-electron chi connectivity index (χ2n) is 6.08. The SMILES string of the molecule is O=C(CCCNC(=O)c1ccccc1)NCCC1CCCNC1. The van der Waals surface area contributed by atoms with Crippen LogP contribution in [0.4, 0.5) is 0 Å². The number of benzene rings is 1. The van der Waals surface area contributed by atoms with E-state index in [2.05, 4.69) is 16.0 Å². The van der Waals surface area contributed by atoms with Crippen LogP contribution in [0.15, 0.2) is 30.3 Å². The smallest absolute Gasteiger partial charge is 0.251 e. The van der Waals surface area contributed by atoms with Crippen LogP contribution in [0.25, 0.3) is 0 Å². The maximum atomic E-state index is 11.8. The lowest BCUT2D eigenvalue weighted by Gasteiger charge is -2.22. The molecule has 23 heavy (non-hydrogen) atoms. The second kappa shape index (κ2) is 10.0. The Morgan fingerprint density at radius 2 is 1.96 bits per heavy atom. The molecule has 1 aliphatic heterocycles. The molecule has 1 atom stereocenters. The van der Waals surface area contributed by atoms with Gasteiger partial charge in [-0.3, -0.25) is 9.59 Å². The maximum absolute atomic E-state index is 11.8. The Hall–Kier alpha value is -1.88. The molecule has 5 heteroatoms. The minimum absolute atomic E-state index is 0.0720. The number of piperidine rings is 1. The molecule has 1 saturated heterocycles. The third-order valence-corrected chi connectivity index (χ3v) is 4.18. The average molecular weight is 317 g/mol. The molecule has 0 bridgehead atoms. The van der Waals surface area contributed by atoms with Crippen molar-refractivity contribution in [1.29, 1.82) is 0 Å². The molecule has 1 aromatic carbocycles. The van der Waals surface area contributed by atoms with E-state index in [1.807, 2.05) is 18.2 Å². The van der Waals surface area contributed by atoms with Crippen molar-refractivity contribution in [3.05, 3.63) is 35.9 Å². The molecule has 1 heterocycles. The zero-order chi connectivity index (χ0) is 16.3. The molecule has 126 valence electrons. The Morgan fingerprint density at radius 1 is 1.13 bits per heavy atom. The molecule has 0 aromatic heterocycles. The standard InChI is InChI=1S/C18H27N3O2/c22-17(20-13-10-15-6-4-11-19-14-15)9-5-12-21-18(23)16-7-2-1-3-8-16/h1-3,7-8,15,19H,4-6,9-14H2,(H,20,22)(H,21,23). The molecular weight excluding hydrogens is 290 g/mol. The summed E-state index contributed by atoms with van der Waals surface area (Å²) in [5.74, 6) is 0.674. The summed E-state index contributed by atoms with van der Waals surface area (Å²) in [4.78, 5) is 23.6. The van der Waals surface area contributed by atoms with E-state index in [1.165, 1.54) is 12.8 Å². The quantitative estimate of drug-likeness (QED) is 0.639. The lowest BCUT2D eigenvalue weighted by molar-refractivity contribution is -0.121.